The molecule has 1 aromatic heterocycles. The van der Waals surface area contributed by atoms with Crippen LogP contribution in [0.15, 0.2) is 58.4 Å². The summed E-state index contributed by atoms with van der Waals surface area (Å²) in [6, 6.07) is 10.0. The van der Waals surface area contributed by atoms with E-state index in [-0.39, 0.29) is 28.3 Å². The van der Waals surface area contributed by atoms with Crippen LogP contribution in [0.1, 0.15) is 34.1 Å². The Hall–Kier alpha value is -3.82. The van der Waals surface area contributed by atoms with Gasteiger partial charge in [-0.3, -0.25) is 14.7 Å². The highest BCUT2D eigenvalue weighted by Gasteiger charge is 2.30. The average Bonchev–Trinajstić information content (AvgIpc) is 3.00. The number of aromatic nitrogens is 2. The van der Waals surface area contributed by atoms with E-state index in [0.717, 1.165) is 16.8 Å². The van der Waals surface area contributed by atoms with E-state index in [1.54, 1.807) is 19.1 Å². The predicted molar refractivity (Wildman–Crippen MR) is 104 cm³/mol. The third-order valence-corrected chi connectivity index (χ3v) is 4.36. The molecule has 30 heavy (non-hydrogen) atoms. The number of nitrogens with zero attached hydrogens (tertiary/aromatic N) is 2. The highest BCUT2D eigenvalue weighted by Crippen LogP contribution is 2.29. The lowest BCUT2D eigenvalue weighted by atomic mass is 10.2. The van der Waals surface area contributed by atoms with E-state index in [1.807, 2.05) is 0 Å². The van der Waals surface area contributed by atoms with Crippen molar-refractivity contribution in [2.75, 3.05) is 0 Å². The van der Waals surface area contributed by atoms with Crippen LogP contribution in [0.5, 0.6) is 5.75 Å². The van der Waals surface area contributed by atoms with Crippen LogP contribution in [-0.2, 0) is 6.18 Å². The van der Waals surface area contributed by atoms with Crippen LogP contribution in [-0.4, -0.2) is 26.5 Å². The average molecular weight is 418 g/mol. The summed E-state index contributed by atoms with van der Waals surface area (Å²) in [5.74, 6) is -0.881. The Kier molecular flexibility index (Phi) is 5.50. The van der Waals surface area contributed by atoms with Gasteiger partial charge in [0.25, 0.3) is 11.5 Å². The molecule has 3 aromatic rings. The van der Waals surface area contributed by atoms with Crippen molar-refractivity contribution in [2.45, 2.75) is 20.0 Å². The number of alkyl halides is 3. The largest absolute Gasteiger partial charge is 0.507 e. The Bertz CT molecular complexity index is 1180. The molecular weight excluding hydrogens is 401 g/mol. The molecule has 0 saturated heterocycles. The summed E-state index contributed by atoms with van der Waals surface area (Å²) in [5.41, 5.74) is 1.89. The molecule has 1 heterocycles. The molecule has 0 unspecified atom stereocenters. The van der Waals surface area contributed by atoms with Crippen LogP contribution >= 0.6 is 0 Å². The molecule has 3 rings (SSSR count). The number of aromatic hydroxyl groups is 1. The molecule has 0 saturated carbocycles. The first kappa shape index (κ1) is 20.9. The van der Waals surface area contributed by atoms with Gasteiger partial charge in [-0.2, -0.15) is 18.3 Å². The summed E-state index contributed by atoms with van der Waals surface area (Å²) < 4.78 is 39.3. The summed E-state index contributed by atoms with van der Waals surface area (Å²) >= 11 is 0. The number of carbonyl (C=O) groups is 1. The number of aryl methyl sites for hydroxylation is 1. The summed E-state index contributed by atoms with van der Waals surface area (Å²) in [5, 5.41) is 16.4. The Morgan fingerprint density at radius 2 is 1.77 bits per heavy atom. The van der Waals surface area contributed by atoms with Gasteiger partial charge in [0.2, 0.25) is 0 Å². The molecule has 0 aliphatic rings. The zero-order chi connectivity index (χ0) is 22.1. The van der Waals surface area contributed by atoms with Crippen LogP contribution in [0.3, 0.4) is 0 Å². The van der Waals surface area contributed by atoms with E-state index < -0.39 is 23.2 Å². The molecule has 0 fully saturated rings. The van der Waals surface area contributed by atoms with Gasteiger partial charge in [0.1, 0.15) is 5.75 Å². The second-order valence-corrected chi connectivity index (χ2v) is 6.45. The molecule has 1 amide bonds. The van der Waals surface area contributed by atoms with Gasteiger partial charge in [0.15, 0.2) is 0 Å². The SMILES string of the molecule is C/C(=N/NC(=O)c1ccccc1O)c1c(C)[nH]n(-c2ccc(C(F)(F)F)cc2)c1=O. The number of H-pyrrole nitrogens is 1. The predicted octanol–water partition coefficient (Wildman–Crippen LogP) is 3.35. The number of rotatable bonds is 4. The van der Waals surface area contributed by atoms with Crippen molar-refractivity contribution in [1.29, 1.82) is 0 Å². The molecule has 3 N–H and O–H groups in total. The zero-order valence-corrected chi connectivity index (χ0v) is 15.9. The Balaban J connectivity index is 1.88. The fourth-order valence-corrected chi connectivity index (χ4v) is 2.87. The highest BCUT2D eigenvalue weighted by molar-refractivity contribution is 6.02. The first-order valence-corrected chi connectivity index (χ1v) is 8.72. The lowest BCUT2D eigenvalue weighted by Gasteiger charge is -2.07. The zero-order valence-electron chi connectivity index (χ0n) is 15.9. The van der Waals surface area contributed by atoms with Gasteiger partial charge in [0.05, 0.1) is 28.1 Å². The highest BCUT2D eigenvalue weighted by atomic mass is 19.4. The minimum atomic E-state index is -4.48. The number of halogens is 3. The maximum absolute atomic E-state index is 12.8. The van der Waals surface area contributed by atoms with Gasteiger partial charge in [-0.1, -0.05) is 12.1 Å². The number of hydrogen-bond acceptors (Lipinski definition) is 4. The third-order valence-electron chi connectivity index (χ3n) is 4.36. The summed E-state index contributed by atoms with van der Waals surface area (Å²) in [7, 11) is 0. The molecule has 156 valence electrons. The number of hydrogen-bond donors (Lipinski definition) is 3. The van der Waals surface area contributed by atoms with Gasteiger partial charge >= 0.3 is 6.18 Å². The molecule has 0 bridgehead atoms. The van der Waals surface area contributed by atoms with Gasteiger partial charge in [0, 0.05) is 5.69 Å². The standard InChI is InChI=1S/C20H17F3N4O3/c1-11(24-25-18(29)15-5-3-4-6-16(15)28)17-12(2)26-27(19(17)30)14-9-7-13(8-10-14)20(21,22)23/h3-10,26,28H,1-2H3,(H,25,29)/b24-11-. The van der Waals surface area contributed by atoms with Crippen molar-refractivity contribution in [1.82, 2.24) is 15.2 Å². The summed E-state index contributed by atoms with van der Waals surface area (Å²) in [4.78, 5) is 24.9. The Morgan fingerprint density at radius 3 is 2.37 bits per heavy atom. The van der Waals surface area contributed by atoms with Crippen molar-refractivity contribution in [3.63, 3.8) is 0 Å². The molecule has 0 spiro atoms. The first-order chi connectivity index (χ1) is 14.1. The van der Waals surface area contributed by atoms with Crippen LogP contribution in [0.25, 0.3) is 5.69 Å². The quantitative estimate of drug-likeness (QED) is 0.448. The number of para-hydroxylation sites is 1. The smallest absolute Gasteiger partial charge is 0.416 e. The third kappa shape index (κ3) is 4.12. The van der Waals surface area contributed by atoms with Gasteiger partial charge < -0.3 is 5.11 Å². The van der Waals surface area contributed by atoms with Crippen molar-refractivity contribution in [3.05, 3.63) is 81.3 Å². The van der Waals surface area contributed by atoms with E-state index in [9.17, 15) is 27.9 Å². The van der Waals surface area contributed by atoms with E-state index in [4.69, 9.17) is 0 Å². The molecule has 2 aromatic carbocycles. The molecule has 7 nitrogen and oxygen atoms in total. The fourth-order valence-electron chi connectivity index (χ4n) is 2.87. The number of phenolic OH excluding ortho intramolecular Hbond substituents is 1. The number of amides is 1. The molecule has 0 atom stereocenters. The van der Waals surface area contributed by atoms with E-state index in [0.29, 0.717) is 5.69 Å². The van der Waals surface area contributed by atoms with Crippen LogP contribution in [0.4, 0.5) is 13.2 Å². The van der Waals surface area contributed by atoms with E-state index >= 15 is 0 Å². The maximum atomic E-state index is 12.8. The van der Waals surface area contributed by atoms with Crippen molar-refractivity contribution >= 4 is 11.6 Å². The van der Waals surface area contributed by atoms with Crippen LogP contribution < -0.4 is 11.0 Å². The van der Waals surface area contributed by atoms with Gasteiger partial charge in [-0.15, -0.1) is 0 Å². The number of carbonyl (C=O) groups excluding carboxylic acids is 1. The number of aromatic amines is 1. The molecule has 10 heteroatoms. The fraction of sp³-hybridized carbons (Fsp3) is 0.150. The topological polar surface area (TPSA) is 99.5 Å². The molecular formula is C20H17F3N4O3. The molecule has 0 aliphatic heterocycles. The molecule has 0 radical (unpaired) electrons. The van der Waals surface area contributed by atoms with E-state index in [1.165, 1.54) is 31.2 Å². The van der Waals surface area contributed by atoms with E-state index in [2.05, 4.69) is 15.6 Å². The Morgan fingerprint density at radius 1 is 1.13 bits per heavy atom. The minimum Gasteiger partial charge on any atom is -0.507 e. The van der Waals surface area contributed by atoms with Gasteiger partial charge in [-0.25, -0.2) is 10.1 Å². The van der Waals surface area contributed by atoms with Crippen molar-refractivity contribution in [2.24, 2.45) is 5.10 Å². The van der Waals surface area contributed by atoms with Crippen molar-refractivity contribution in [3.8, 4) is 11.4 Å². The number of hydrazone groups is 1. The first-order valence-electron chi connectivity index (χ1n) is 8.72. The second kappa shape index (κ2) is 7.90. The van der Waals surface area contributed by atoms with Gasteiger partial charge in [-0.05, 0) is 50.2 Å². The van der Waals surface area contributed by atoms with Crippen LogP contribution in [0, 0.1) is 6.92 Å². The number of nitrogens with one attached hydrogen (secondary N) is 2. The summed E-state index contributed by atoms with van der Waals surface area (Å²) in [6.45, 7) is 3.10. The normalized spacial score (nSPS) is 12.1. The summed E-state index contributed by atoms with van der Waals surface area (Å²) in [6.07, 6.45) is -4.48. The van der Waals surface area contributed by atoms with Crippen molar-refractivity contribution < 1.29 is 23.1 Å². The van der Waals surface area contributed by atoms with Crippen LogP contribution in [0.2, 0.25) is 0 Å². The number of benzene rings is 2. The number of phenols is 1. The Labute approximate surface area is 168 Å². The lowest BCUT2D eigenvalue weighted by molar-refractivity contribution is -0.137. The lowest BCUT2D eigenvalue weighted by Crippen LogP contribution is -2.23. The second-order valence-electron chi connectivity index (χ2n) is 6.45. The monoisotopic (exact) mass is 418 g/mol. The minimum absolute atomic E-state index is 0.0157. The molecule has 0 aliphatic carbocycles. The maximum Gasteiger partial charge on any atom is 0.416 e.